The van der Waals surface area contributed by atoms with Crippen molar-refractivity contribution >= 4 is 11.9 Å². The number of hydrogen-bond donors (Lipinski definition) is 0. The Bertz CT molecular complexity index is 729. The molecule has 5 aliphatic rings. The first-order valence-electron chi connectivity index (χ1n) is 10.1. The van der Waals surface area contributed by atoms with Gasteiger partial charge in [0.15, 0.2) is 0 Å². The Balaban J connectivity index is 1.51. The Labute approximate surface area is 154 Å². The molecular weight excluding hydrogens is 326 g/mol. The number of likely N-dealkylation sites (tertiary alicyclic amines) is 1. The summed E-state index contributed by atoms with van der Waals surface area (Å²) in [6.07, 6.45) is 7.73. The molecule has 26 heavy (non-hydrogen) atoms. The van der Waals surface area contributed by atoms with Crippen LogP contribution in [0.3, 0.4) is 0 Å². The quantitative estimate of drug-likeness (QED) is 0.838. The lowest BCUT2D eigenvalue weighted by Gasteiger charge is -2.62. The van der Waals surface area contributed by atoms with Crippen LogP contribution in [-0.4, -0.2) is 29.4 Å². The van der Waals surface area contributed by atoms with E-state index in [0.717, 1.165) is 25.7 Å². The fourth-order valence-electron chi connectivity index (χ4n) is 7.20. The van der Waals surface area contributed by atoms with Crippen LogP contribution >= 0.6 is 0 Å². The molecule has 5 atom stereocenters. The third-order valence-corrected chi connectivity index (χ3v) is 7.69. The molecule has 4 heteroatoms. The molecule has 0 aromatic heterocycles. The van der Waals surface area contributed by atoms with Gasteiger partial charge in [0, 0.05) is 6.54 Å². The lowest BCUT2D eigenvalue weighted by Crippen LogP contribution is -2.61. The molecule has 6 rings (SSSR count). The van der Waals surface area contributed by atoms with E-state index < -0.39 is 12.0 Å². The van der Waals surface area contributed by atoms with Crippen LogP contribution in [0.1, 0.15) is 56.9 Å². The molecule has 1 aromatic carbocycles. The van der Waals surface area contributed by atoms with Gasteiger partial charge in [-0.25, -0.2) is 0 Å². The van der Waals surface area contributed by atoms with Gasteiger partial charge in [0.1, 0.15) is 0 Å². The third-order valence-electron chi connectivity index (χ3n) is 7.69. The van der Waals surface area contributed by atoms with Crippen molar-refractivity contribution in [2.75, 3.05) is 6.54 Å². The van der Waals surface area contributed by atoms with E-state index in [0.29, 0.717) is 24.8 Å². The van der Waals surface area contributed by atoms with E-state index in [1.807, 2.05) is 0 Å². The van der Waals surface area contributed by atoms with Gasteiger partial charge >= 0.3 is 0 Å². The van der Waals surface area contributed by atoms with Gasteiger partial charge < -0.3 is 14.8 Å². The number of rotatable bonds is 3. The highest BCUT2D eigenvalue weighted by Crippen LogP contribution is 2.66. The van der Waals surface area contributed by atoms with Crippen molar-refractivity contribution in [1.82, 2.24) is 4.90 Å². The van der Waals surface area contributed by atoms with E-state index in [4.69, 9.17) is 0 Å². The summed E-state index contributed by atoms with van der Waals surface area (Å²) in [7, 11) is 0. The van der Waals surface area contributed by atoms with Crippen LogP contribution < -0.4 is 5.11 Å². The average Bonchev–Trinajstić information content (AvgIpc) is 3.10. The molecule has 4 aliphatic carbocycles. The van der Waals surface area contributed by atoms with E-state index in [2.05, 4.69) is 30.3 Å². The number of amides is 1. The van der Waals surface area contributed by atoms with Crippen LogP contribution in [0.4, 0.5) is 0 Å². The lowest BCUT2D eigenvalue weighted by atomic mass is 9.42. The maximum Gasteiger partial charge on any atom is 0.229 e. The number of nitrogens with zero attached hydrogens (tertiary/aromatic N) is 1. The van der Waals surface area contributed by atoms with Crippen molar-refractivity contribution < 1.29 is 14.7 Å². The molecule has 1 amide bonds. The molecular formula is C22H26NO3-. The smallest absolute Gasteiger partial charge is 0.229 e. The Hall–Kier alpha value is -1.84. The second kappa shape index (κ2) is 5.58. The Kier molecular flexibility index (Phi) is 3.51. The number of carbonyl (C=O) groups is 2. The molecule has 0 radical (unpaired) electrons. The summed E-state index contributed by atoms with van der Waals surface area (Å²) in [5, 5.41) is 11.5. The van der Waals surface area contributed by atoms with E-state index in [1.165, 1.54) is 24.8 Å². The van der Waals surface area contributed by atoms with Gasteiger partial charge in [0.2, 0.25) is 5.91 Å². The molecule has 1 heterocycles. The zero-order valence-corrected chi connectivity index (χ0v) is 15.2. The predicted octanol–water partition coefficient (Wildman–Crippen LogP) is 2.27. The summed E-state index contributed by atoms with van der Waals surface area (Å²) in [6, 6.07) is 10.0. The number of benzene rings is 1. The van der Waals surface area contributed by atoms with Gasteiger partial charge in [0.05, 0.1) is 17.4 Å². The summed E-state index contributed by atoms with van der Waals surface area (Å²) in [5.74, 6) is 0.228. The van der Waals surface area contributed by atoms with Crippen molar-refractivity contribution in [3.05, 3.63) is 35.9 Å². The number of hydrogen-bond acceptors (Lipinski definition) is 3. The van der Waals surface area contributed by atoms with Gasteiger partial charge in [0.25, 0.3) is 0 Å². The van der Waals surface area contributed by atoms with E-state index in [9.17, 15) is 14.7 Å². The van der Waals surface area contributed by atoms with E-state index in [1.54, 1.807) is 4.90 Å². The standard InChI is InChI=1S/C22H27NO3/c24-19(25)18-7-4-8-23(18)20(26)22-12-15-9-16(13-22)11-21(10-15,14-22)17-5-2-1-3-6-17/h1-3,5-6,15-16,18H,4,7-14H2,(H,24,25)/p-1/t15-,16+,18-,21?,22?/m0/s1. The van der Waals surface area contributed by atoms with Crippen molar-refractivity contribution in [2.24, 2.45) is 17.3 Å². The molecule has 0 N–H and O–H groups in total. The van der Waals surface area contributed by atoms with Crippen molar-refractivity contribution in [3.8, 4) is 0 Å². The topological polar surface area (TPSA) is 60.4 Å². The monoisotopic (exact) mass is 352 g/mol. The van der Waals surface area contributed by atoms with Gasteiger partial charge in [-0.1, -0.05) is 30.3 Å². The summed E-state index contributed by atoms with van der Waals surface area (Å²) in [6.45, 7) is 0.576. The number of carboxylic acids is 1. The first kappa shape index (κ1) is 16.3. The first-order valence-corrected chi connectivity index (χ1v) is 10.1. The molecule has 4 saturated carbocycles. The fraction of sp³-hybridized carbons (Fsp3) is 0.636. The van der Waals surface area contributed by atoms with Gasteiger partial charge in [-0.05, 0) is 74.2 Å². The van der Waals surface area contributed by atoms with E-state index in [-0.39, 0.29) is 16.7 Å². The van der Waals surface area contributed by atoms with E-state index >= 15 is 0 Å². The summed E-state index contributed by atoms with van der Waals surface area (Å²) >= 11 is 0. The second-order valence-corrected chi connectivity index (χ2v) is 9.36. The van der Waals surface area contributed by atoms with Crippen LogP contribution in [0.25, 0.3) is 0 Å². The molecule has 4 nitrogen and oxygen atoms in total. The van der Waals surface area contributed by atoms with Crippen LogP contribution in [0.2, 0.25) is 0 Å². The average molecular weight is 352 g/mol. The minimum Gasteiger partial charge on any atom is -0.548 e. The highest BCUT2D eigenvalue weighted by Gasteiger charge is 2.62. The summed E-state index contributed by atoms with van der Waals surface area (Å²) < 4.78 is 0. The summed E-state index contributed by atoms with van der Waals surface area (Å²) in [4.78, 5) is 26.8. The maximum absolute atomic E-state index is 13.6. The molecule has 1 aromatic rings. The zero-order chi connectivity index (χ0) is 17.9. The minimum atomic E-state index is -1.08. The van der Waals surface area contributed by atoms with Crippen LogP contribution in [0, 0.1) is 17.3 Å². The fourth-order valence-corrected chi connectivity index (χ4v) is 7.20. The van der Waals surface area contributed by atoms with Crippen molar-refractivity contribution in [1.29, 1.82) is 0 Å². The van der Waals surface area contributed by atoms with Crippen LogP contribution in [-0.2, 0) is 15.0 Å². The Morgan fingerprint density at radius 1 is 1.04 bits per heavy atom. The molecule has 1 aliphatic heterocycles. The molecule has 5 fully saturated rings. The Morgan fingerprint density at radius 3 is 2.38 bits per heavy atom. The number of carbonyl (C=O) groups excluding carboxylic acids is 2. The van der Waals surface area contributed by atoms with Crippen molar-refractivity contribution in [2.45, 2.75) is 62.8 Å². The highest BCUT2D eigenvalue weighted by atomic mass is 16.4. The predicted molar refractivity (Wildman–Crippen MR) is 95.0 cm³/mol. The molecule has 4 bridgehead atoms. The lowest BCUT2D eigenvalue weighted by molar-refractivity contribution is -0.310. The molecule has 1 saturated heterocycles. The van der Waals surface area contributed by atoms with Gasteiger partial charge in [-0.15, -0.1) is 0 Å². The van der Waals surface area contributed by atoms with Crippen LogP contribution in [0.5, 0.6) is 0 Å². The third kappa shape index (κ3) is 2.27. The number of aliphatic carboxylic acids is 1. The largest absolute Gasteiger partial charge is 0.548 e. The summed E-state index contributed by atoms with van der Waals surface area (Å²) in [5.41, 5.74) is 1.14. The molecule has 0 spiro atoms. The van der Waals surface area contributed by atoms with Crippen molar-refractivity contribution in [3.63, 3.8) is 0 Å². The first-order chi connectivity index (χ1) is 12.5. The van der Waals surface area contributed by atoms with Gasteiger partial charge in [-0.3, -0.25) is 4.79 Å². The maximum atomic E-state index is 13.6. The number of carboxylic acid groups (broad SMARTS) is 1. The second-order valence-electron chi connectivity index (χ2n) is 9.36. The Morgan fingerprint density at radius 2 is 1.73 bits per heavy atom. The minimum absolute atomic E-state index is 0.109. The molecule has 2 unspecified atom stereocenters. The molecule has 138 valence electrons. The normalized spacial score (nSPS) is 40.8. The highest BCUT2D eigenvalue weighted by molar-refractivity contribution is 5.88. The SMILES string of the molecule is O=C([O-])[C@@H]1CCCN1C(=O)C12C[C@H]3C[C@@H](C1)CC(c1ccccc1)(C3)C2. The van der Waals surface area contributed by atoms with Crippen LogP contribution in [0.15, 0.2) is 30.3 Å². The van der Waals surface area contributed by atoms with Gasteiger partial charge in [-0.2, -0.15) is 0 Å². The zero-order valence-electron chi connectivity index (χ0n) is 15.2.